The first-order chi connectivity index (χ1) is 9.47. The first-order valence-corrected chi connectivity index (χ1v) is 6.13. The van der Waals surface area contributed by atoms with E-state index in [1.165, 1.54) is 13.8 Å². The molecule has 1 N–H and O–H groups in total. The summed E-state index contributed by atoms with van der Waals surface area (Å²) in [7, 11) is 0. The van der Waals surface area contributed by atoms with Gasteiger partial charge in [0.2, 0.25) is 5.91 Å². The topological polar surface area (TPSA) is 81.7 Å². The van der Waals surface area contributed by atoms with Gasteiger partial charge < -0.3 is 14.8 Å². The zero-order valence-electron chi connectivity index (χ0n) is 11.5. The molecule has 1 aromatic rings. The predicted octanol–water partition coefficient (Wildman–Crippen LogP) is 1.55. The van der Waals surface area contributed by atoms with Gasteiger partial charge in [-0.1, -0.05) is 0 Å². The van der Waals surface area contributed by atoms with Gasteiger partial charge in [-0.15, -0.1) is 0 Å². The summed E-state index contributed by atoms with van der Waals surface area (Å²) in [5, 5.41) is 2.64. The van der Waals surface area contributed by atoms with Crippen molar-refractivity contribution >= 4 is 23.3 Å². The minimum Gasteiger partial charge on any atom is -0.490 e. The summed E-state index contributed by atoms with van der Waals surface area (Å²) in [5.74, 6) is -0.329. The molecule has 0 aromatic heterocycles. The highest BCUT2D eigenvalue weighted by Gasteiger charge is 2.05. The average Bonchev–Trinajstić information content (AvgIpc) is 2.35. The van der Waals surface area contributed by atoms with E-state index >= 15 is 0 Å². The molecule has 0 aliphatic carbocycles. The highest BCUT2D eigenvalue weighted by molar-refractivity contribution is 5.94. The Bertz CT molecular complexity index is 481. The number of nitrogens with one attached hydrogen (secondary N) is 1. The van der Waals surface area contributed by atoms with E-state index in [1.54, 1.807) is 24.3 Å². The lowest BCUT2D eigenvalue weighted by molar-refractivity contribution is -0.146. The monoisotopic (exact) mass is 279 g/mol. The van der Waals surface area contributed by atoms with Crippen LogP contribution in [0.5, 0.6) is 5.75 Å². The minimum absolute atomic E-state index is 0.0829. The van der Waals surface area contributed by atoms with Crippen LogP contribution in [0.2, 0.25) is 0 Å². The number of ketones is 1. The molecule has 0 saturated heterocycles. The number of carbonyl (C=O) groups is 3. The molecule has 0 heterocycles. The molecular formula is C14H17NO5. The summed E-state index contributed by atoms with van der Waals surface area (Å²) >= 11 is 0. The molecule has 0 spiro atoms. The van der Waals surface area contributed by atoms with Crippen LogP contribution in [0.3, 0.4) is 0 Å². The molecule has 108 valence electrons. The molecule has 0 saturated carbocycles. The van der Waals surface area contributed by atoms with E-state index < -0.39 is 5.97 Å². The van der Waals surface area contributed by atoms with Gasteiger partial charge in [0.05, 0.1) is 0 Å². The Balaban J connectivity index is 2.27. The van der Waals surface area contributed by atoms with Crippen LogP contribution in [0.25, 0.3) is 0 Å². The number of carbonyl (C=O) groups excluding carboxylic acids is 3. The Kier molecular flexibility index (Phi) is 6.22. The maximum Gasteiger partial charge on any atom is 0.313 e. The largest absolute Gasteiger partial charge is 0.490 e. The number of benzene rings is 1. The van der Waals surface area contributed by atoms with E-state index in [9.17, 15) is 14.4 Å². The fourth-order valence-corrected chi connectivity index (χ4v) is 1.41. The summed E-state index contributed by atoms with van der Waals surface area (Å²) in [6, 6.07) is 6.81. The number of hydrogen-bond donors (Lipinski definition) is 1. The van der Waals surface area contributed by atoms with E-state index in [1.807, 2.05) is 0 Å². The van der Waals surface area contributed by atoms with Gasteiger partial charge in [0.25, 0.3) is 0 Å². The zero-order chi connectivity index (χ0) is 15.0. The highest BCUT2D eigenvalue weighted by atomic mass is 16.6. The van der Waals surface area contributed by atoms with Crippen molar-refractivity contribution in [3.63, 3.8) is 0 Å². The van der Waals surface area contributed by atoms with Gasteiger partial charge in [-0.05, 0) is 31.2 Å². The third-order valence-corrected chi connectivity index (χ3v) is 2.18. The van der Waals surface area contributed by atoms with Crippen LogP contribution in [0.15, 0.2) is 24.3 Å². The minimum atomic E-state index is -0.554. The second-order valence-electron chi connectivity index (χ2n) is 4.15. The molecule has 0 fully saturated rings. The van der Waals surface area contributed by atoms with E-state index in [0.717, 1.165) is 0 Å². The van der Waals surface area contributed by atoms with Crippen LogP contribution in [0, 0.1) is 0 Å². The van der Waals surface area contributed by atoms with Crippen LogP contribution in [0.1, 0.15) is 20.3 Å². The van der Waals surface area contributed by atoms with Crippen LogP contribution in [0.4, 0.5) is 5.69 Å². The average molecular weight is 279 g/mol. The molecule has 20 heavy (non-hydrogen) atoms. The quantitative estimate of drug-likeness (QED) is 0.465. The van der Waals surface area contributed by atoms with Crippen molar-refractivity contribution in [3.8, 4) is 5.75 Å². The Labute approximate surface area is 117 Å². The first kappa shape index (κ1) is 15.7. The molecule has 0 atom stereocenters. The standard InChI is InChI=1S/C14H17NO5/c1-10(16)9-14(18)20-8-7-19-13-5-3-12(4-6-13)15-11(2)17/h3-6H,7-9H2,1-2H3,(H,15,17). The third kappa shape index (κ3) is 6.53. The van der Waals surface area contributed by atoms with Gasteiger partial charge >= 0.3 is 5.97 Å². The molecule has 1 amide bonds. The third-order valence-electron chi connectivity index (χ3n) is 2.18. The number of rotatable bonds is 7. The first-order valence-electron chi connectivity index (χ1n) is 6.13. The Morgan fingerprint density at radius 1 is 1.05 bits per heavy atom. The molecule has 0 aliphatic rings. The number of esters is 1. The van der Waals surface area contributed by atoms with Crippen LogP contribution in [-0.2, 0) is 19.1 Å². The van der Waals surface area contributed by atoms with Crippen molar-refractivity contribution in [2.24, 2.45) is 0 Å². The number of hydrogen-bond acceptors (Lipinski definition) is 5. The number of anilines is 1. The van der Waals surface area contributed by atoms with Crippen LogP contribution in [-0.4, -0.2) is 30.9 Å². The maximum absolute atomic E-state index is 11.1. The Morgan fingerprint density at radius 3 is 2.25 bits per heavy atom. The summed E-state index contributed by atoms with van der Waals surface area (Å²) in [6.45, 7) is 3.04. The molecule has 1 rings (SSSR count). The van der Waals surface area contributed by atoms with E-state index in [4.69, 9.17) is 9.47 Å². The van der Waals surface area contributed by atoms with Gasteiger partial charge in [-0.25, -0.2) is 0 Å². The lowest BCUT2D eigenvalue weighted by Crippen LogP contribution is -2.14. The van der Waals surface area contributed by atoms with Crippen LogP contribution >= 0.6 is 0 Å². The molecular weight excluding hydrogens is 262 g/mol. The maximum atomic E-state index is 11.1. The fourth-order valence-electron chi connectivity index (χ4n) is 1.41. The summed E-state index contributed by atoms with van der Waals surface area (Å²) < 4.78 is 10.2. The number of Topliss-reactive ketones (excluding diaryl/α,β-unsaturated/α-hetero) is 1. The van der Waals surface area contributed by atoms with Crippen molar-refractivity contribution in [2.75, 3.05) is 18.5 Å². The molecule has 0 aliphatic heterocycles. The Hall–Kier alpha value is -2.37. The second-order valence-corrected chi connectivity index (χ2v) is 4.15. The van der Waals surface area contributed by atoms with Gasteiger partial charge in [0, 0.05) is 12.6 Å². The van der Waals surface area contributed by atoms with Crippen molar-refractivity contribution < 1.29 is 23.9 Å². The van der Waals surface area contributed by atoms with Crippen molar-refractivity contribution in [2.45, 2.75) is 20.3 Å². The molecule has 0 radical (unpaired) electrons. The van der Waals surface area contributed by atoms with E-state index in [2.05, 4.69) is 5.32 Å². The number of ether oxygens (including phenoxy) is 2. The lowest BCUT2D eigenvalue weighted by atomic mass is 10.3. The highest BCUT2D eigenvalue weighted by Crippen LogP contribution is 2.15. The summed E-state index contributed by atoms with van der Waals surface area (Å²) in [6.07, 6.45) is -0.217. The molecule has 1 aromatic carbocycles. The lowest BCUT2D eigenvalue weighted by Gasteiger charge is -2.08. The number of amides is 1. The van der Waals surface area contributed by atoms with Gasteiger partial charge in [-0.3, -0.25) is 14.4 Å². The van der Waals surface area contributed by atoms with Crippen molar-refractivity contribution in [3.05, 3.63) is 24.3 Å². The smallest absolute Gasteiger partial charge is 0.313 e. The molecule has 6 heteroatoms. The van der Waals surface area contributed by atoms with Gasteiger partial charge in [-0.2, -0.15) is 0 Å². The van der Waals surface area contributed by atoms with E-state index in [0.29, 0.717) is 11.4 Å². The Morgan fingerprint density at radius 2 is 1.70 bits per heavy atom. The van der Waals surface area contributed by atoms with Crippen molar-refractivity contribution in [1.29, 1.82) is 0 Å². The summed E-state index contributed by atoms with van der Waals surface area (Å²) in [4.78, 5) is 32.6. The molecule has 0 unspecified atom stereocenters. The predicted molar refractivity (Wildman–Crippen MR) is 72.5 cm³/mol. The molecule has 0 bridgehead atoms. The van der Waals surface area contributed by atoms with E-state index in [-0.39, 0.29) is 31.3 Å². The fraction of sp³-hybridized carbons (Fsp3) is 0.357. The SMILES string of the molecule is CC(=O)CC(=O)OCCOc1ccc(NC(C)=O)cc1. The van der Waals surface area contributed by atoms with Gasteiger partial charge in [0.1, 0.15) is 31.2 Å². The normalized spacial score (nSPS) is 9.70. The van der Waals surface area contributed by atoms with Crippen LogP contribution < -0.4 is 10.1 Å². The second kappa shape index (κ2) is 7.93. The zero-order valence-corrected chi connectivity index (χ0v) is 11.5. The van der Waals surface area contributed by atoms with Gasteiger partial charge in [0.15, 0.2) is 0 Å². The summed E-state index contributed by atoms with van der Waals surface area (Å²) in [5.41, 5.74) is 0.678. The van der Waals surface area contributed by atoms with Crippen molar-refractivity contribution in [1.82, 2.24) is 0 Å². The molecule has 6 nitrogen and oxygen atoms in total.